The van der Waals surface area contributed by atoms with Crippen molar-refractivity contribution < 1.29 is 9.47 Å². The molecule has 1 aliphatic carbocycles. The lowest BCUT2D eigenvalue weighted by Gasteiger charge is -2.31. The van der Waals surface area contributed by atoms with Crippen LogP contribution in [0.4, 0.5) is 0 Å². The van der Waals surface area contributed by atoms with Gasteiger partial charge in [-0.3, -0.25) is 0 Å². The van der Waals surface area contributed by atoms with E-state index in [2.05, 4.69) is 19.2 Å². The third-order valence-electron chi connectivity index (χ3n) is 3.54. The molecular formula is C11H21NO2. The molecule has 2 fully saturated rings. The number of nitrogens with one attached hydrogen (secondary N) is 1. The van der Waals surface area contributed by atoms with Crippen molar-refractivity contribution in [2.24, 2.45) is 5.41 Å². The van der Waals surface area contributed by atoms with Gasteiger partial charge in [0, 0.05) is 25.8 Å². The van der Waals surface area contributed by atoms with E-state index in [1.165, 1.54) is 6.42 Å². The molecule has 3 nitrogen and oxygen atoms in total. The number of rotatable bonds is 3. The lowest BCUT2D eigenvalue weighted by atomic mass is 10.1. The molecule has 0 amide bonds. The second-order valence-corrected chi connectivity index (χ2v) is 5.16. The van der Waals surface area contributed by atoms with Crippen molar-refractivity contribution in [3.63, 3.8) is 0 Å². The Balaban J connectivity index is 1.83. The molecule has 0 aromatic heterocycles. The van der Waals surface area contributed by atoms with E-state index in [-0.39, 0.29) is 6.10 Å². The molecule has 1 N–H and O–H groups in total. The van der Waals surface area contributed by atoms with Crippen molar-refractivity contribution in [2.45, 2.75) is 44.9 Å². The van der Waals surface area contributed by atoms with Gasteiger partial charge in [-0.1, -0.05) is 13.8 Å². The van der Waals surface area contributed by atoms with Crippen LogP contribution < -0.4 is 5.32 Å². The molecule has 0 aromatic carbocycles. The zero-order valence-electron chi connectivity index (χ0n) is 9.38. The quantitative estimate of drug-likeness (QED) is 0.740. The fraction of sp³-hybridized carbons (Fsp3) is 1.00. The highest BCUT2D eigenvalue weighted by molar-refractivity contribution is 5.03. The maximum absolute atomic E-state index is 5.41. The van der Waals surface area contributed by atoms with Gasteiger partial charge in [0.25, 0.3) is 0 Å². The minimum Gasteiger partial charge on any atom is -0.379 e. The van der Waals surface area contributed by atoms with Crippen LogP contribution in [-0.4, -0.2) is 38.5 Å². The van der Waals surface area contributed by atoms with Gasteiger partial charge < -0.3 is 14.8 Å². The maximum Gasteiger partial charge on any atom is 0.0958 e. The summed E-state index contributed by atoms with van der Waals surface area (Å²) in [6.07, 6.45) is 2.60. The normalized spacial score (nSPS) is 40.9. The molecule has 0 bridgehead atoms. The van der Waals surface area contributed by atoms with E-state index >= 15 is 0 Å². The fourth-order valence-electron chi connectivity index (χ4n) is 2.14. The summed E-state index contributed by atoms with van der Waals surface area (Å²) in [5, 5.41) is 3.68. The topological polar surface area (TPSA) is 30.5 Å². The Morgan fingerprint density at radius 1 is 1.43 bits per heavy atom. The smallest absolute Gasteiger partial charge is 0.0958 e. The van der Waals surface area contributed by atoms with Gasteiger partial charge >= 0.3 is 0 Å². The van der Waals surface area contributed by atoms with Gasteiger partial charge in [0.1, 0.15) is 0 Å². The molecule has 1 heterocycles. The first-order valence-corrected chi connectivity index (χ1v) is 5.50. The van der Waals surface area contributed by atoms with Crippen LogP contribution in [0.15, 0.2) is 0 Å². The van der Waals surface area contributed by atoms with E-state index in [0.29, 0.717) is 17.5 Å². The predicted molar refractivity (Wildman–Crippen MR) is 55.3 cm³/mol. The first kappa shape index (κ1) is 10.4. The zero-order chi connectivity index (χ0) is 10.2. The van der Waals surface area contributed by atoms with Crippen LogP contribution in [0, 0.1) is 5.41 Å². The molecule has 3 heteroatoms. The molecular weight excluding hydrogens is 178 g/mol. The van der Waals surface area contributed by atoms with Crippen molar-refractivity contribution in [3.05, 3.63) is 0 Å². The molecule has 3 unspecified atom stereocenters. The van der Waals surface area contributed by atoms with Gasteiger partial charge in [-0.2, -0.15) is 0 Å². The van der Waals surface area contributed by atoms with Crippen LogP contribution in [0.1, 0.15) is 26.7 Å². The summed E-state index contributed by atoms with van der Waals surface area (Å²) in [6, 6.07) is 1.17. The van der Waals surface area contributed by atoms with Crippen LogP contribution in [-0.2, 0) is 9.47 Å². The molecule has 2 rings (SSSR count). The average Bonchev–Trinajstić information content (AvgIpc) is 2.75. The SMILES string of the molecule is COC1COCCC1NC1CC1(C)C. The predicted octanol–water partition coefficient (Wildman–Crippen LogP) is 1.18. The summed E-state index contributed by atoms with van der Waals surface area (Å²) in [4.78, 5) is 0. The van der Waals surface area contributed by atoms with E-state index in [9.17, 15) is 0 Å². The maximum atomic E-state index is 5.41. The Morgan fingerprint density at radius 3 is 2.71 bits per heavy atom. The second-order valence-electron chi connectivity index (χ2n) is 5.16. The van der Waals surface area contributed by atoms with Crippen LogP contribution in [0.3, 0.4) is 0 Å². The first-order chi connectivity index (χ1) is 6.63. The highest BCUT2D eigenvalue weighted by Crippen LogP contribution is 2.45. The molecule has 0 radical (unpaired) electrons. The van der Waals surface area contributed by atoms with E-state index < -0.39 is 0 Å². The molecule has 0 aromatic rings. The van der Waals surface area contributed by atoms with Gasteiger partial charge in [-0.15, -0.1) is 0 Å². The number of hydrogen-bond acceptors (Lipinski definition) is 3. The molecule has 1 saturated heterocycles. The van der Waals surface area contributed by atoms with Gasteiger partial charge in [0.05, 0.1) is 12.7 Å². The standard InChI is InChI=1S/C11H21NO2/c1-11(2)6-10(11)12-8-4-5-14-7-9(8)13-3/h8-10,12H,4-7H2,1-3H3. The molecule has 82 valence electrons. The summed E-state index contributed by atoms with van der Waals surface area (Å²) >= 11 is 0. The second kappa shape index (κ2) is 3.80. The third-order valence-corrected chi connectivity index (χ3v) is 3.54. The lowest BCUT2D eigenvalue weighted by molar-refractivity contribution is -0.0507. The Bertz CT molecular complexity index is 205. The summed E-state index contributed by atoms with van der Waals surface area (Å²) in [7, 11) is 1.77. The summed E-state index contributed by atoms with van der Waals surface area (Å²) < 4.78 is 10.8. The Morgan fingerprint density at radius 2 is 2.14 bits per heavy atom. The molecule has 0 spiro atoms. The molecule has 1 saturated carbocycles. The number of methoxy groups -OCH3 is 1. The van der Waals surface area contributed by atoms with E-state index in [0.717, 1.165) is 19.6 Å². The minimum absolute atomic E-state index is 0.236. The van der Waals surface area contributed by atoms with Gasteiger partial charge in [-0.05, 0) is 18.3 Å². The monoisotopic (exact) mass is 199 g/mol. The van der Waals surface area contributed by atoms with E-state index in [4.69, 9.17) is 9.47 Å². The van der Waals surface area contributed by atoms with Gasteiger partial charge in [0.2, 0.25) is 0 Å². The van der Waals surface area contributed by atoms with E-state index in [1.807, 2.05) is 0 Å². The third kappa shape index (κ3) is 2.10. The number of ether oxygens (including phenoxy) is 2. The largest absolute Gasteiger partial charge is 0.379 e. The van der Waals surface area contributed by atoms with Crippen molar-refractivity contribution in [3.8, 4) is 0 Å². The summed E-state index contributed by atoms with van der Waals surface area (Å²) in [5.74, 6) is 0. The molecule has 1 aliphatic heterocycles. The zero-order valence-corrected chi connectivity index (χ0v) is 9.38. The molecule has 2 aliphatic rings. The van der Waals surface area contributed by atoms with Crippen molar-refractivity contribution >= 4 is 0 Å². The average molecular weight is 199 g/mol. The van der Waals surface area contributed by atoms with Crippen LogP contribution >= 0.6 is 0 Å². The van der Waals surface area contributed by atoms with E-state index in [1.54, 1.807) is 7.11 Å². The Hall–Kier alpha value is -0.120. The first-order valence-electron chi connectivity index (χ1n) is 5.50. The lowest BCUT2D eigenvalue weighted by Crippen LogP contribution is -2.48. The summed E-state index contributed by atoms with van der Waals surface area (Å²) in [5.41, 5.74) is 0.497. The Kier molecular flexibility index (Phi) is 2.82. The van der Waals surface area contributed by atoms with Crippen LogP contribution in [0.2, 0.25) is 0 Å². The minimum atomic E-state index is 0.236. The van der Waals surface area contributed by atoms with Crippen molar-refractivity contribution in [1.82, 2.24) is 5.32 Å². The highest BCUT2D eigenvalue weighted by atomic mass is 16.5. The van der Waals surface area contributed by atoms with Gasteiger partial charge in [0.15, 0.2) is 0 Å². The van der Waals surface area contributed by atoms with Crippen LogP contribution in [0.25, 0.3) is 0 Å². The van der Waals surface area contributed by atoms with Crippen LogP contribution in [0.5, 0.6) is 0 Å². The fourth-order valence-corrected chi connectivity index (χ4v) is 2.14. The van der Waals surface area contributed by atoms with Gasteiger partial charge in [-0.25, -0.2) is 0 Å². The summed E-state index contributed by atoms with van der Waals surface area (Å²) in [6.45, 7) is 6.23. The highest BCUT2D eigenvalue weighted by Gasteiger charge is 2.47. The molecule has 3 atom stereocenters. The van der Waals surface area contributed by atoms with Crippen molar-refractivity contribution in [2.75, 3.05) is 20.3 Å². The Labute approximate surface area is 86.2 Å². The van der Waals surface area contributed by atoms with Crippen molar-refractivity contribution in [1.29, 1.82) is 0 Å². The number of hydrogen-bond donors (Lipinski definition) is 1. The molecule has 14 heavy (non-hydrogen) atoms.